The van der Waals surface area contributed by atoms with Crippen molar-refractivity contribution >= 4 is 16.7 Å². The molecule has 1 heterocycles. The lowest BCUT2D eigenvalue weighted by molar-refractivity contribution is 0.288. The number of nitrogens with two attached hydrogens (primary N) is 1. The number of imidazole rings is 1. The normalized spacial score (nSPS) is 11.0. The molecule has 114 valence electrons. The van der Waals surface area contributed by atoms with Crippen LogP contribution in [0.15, 0.2) is 36.4 Å². The van der Waals surface area contributed by atoms with Gasteiger partial charge in [0.1, 0.15) is 23.7 Å². The molecule has 3 rings (SSSR count). The van der Waals surface area contributed by atoms with Crippen LogP contribution in [0.4, 0.5) is 5.69 Å². The van der Waals surface area contributed by atoms with E-state index in [1.165, 1.54) is 11.1 Å². The predicted octanol–water partition coefficient (Wildman–Crippen LogP) is 3.83. The molecule has 0 aliphatic rings. The summed E-state index contributed by atoms with van der Waals surface area (Å²) in [5, 5.41) is 0. The van der Waals surface area contributed by atoms with Gasteiger partial charge in [0, 0.05) is 6.54 Å². The number of ether oxygens (including phenoxy) is 1. The minimum Gasteiger partial charge on any atom is -0.485 e. The average Bonchev–Trinajstić information content (AvgIpc) is 2.88. The van der Waals surface area contributed by atoms with Crippen LogP contribution in [0.5, 0.6) is 5.75 Å². The van der Waals surface area contributed by atoms with Gasteiger partial charge >= 0.3 is 0 Å². The van der Waals surface area contributed by atoms with E-state index in [1.54, 1.807) is 0 Å². The minimum absolute atomic E-state index is 0.437. The molecule has 0 saturated heterocycles. The van der Waals surface area contributed by atoms with Crippen LogP contribution in [0.25, 0.3) is 11.0 Å². The van der Waals surface area contributed by atoms with Gasteiger partial charge in [0.2, 0.25) is 0 Å². The fraction of sp³-hybridized carbons (Fsp3) is 0.278. The number of benzene rings is 2. The number of para-hydroxylation sites is 1. The van der Waals surface area contributed by atoms with Crippen LogP contribution in [-0.4, -0.2) is 9.55 Å². The molecule has 0 amide bonds. The molecule has 4 nitrogen and oxygen atoms in total. The second kappa shape index (κ2) is 5.72. The van der Waals surface area contributed by atoms with Crippen LogP contribution in [0.1, 0.15) is 23.9 Å². The van der Waals surface area contributed by atoms with Crippen LogP contribution in [-0.2, 0) is 13.2 Å². The number of rotatable bonds is 4. The van der Waals surface area contributed by atoms with E-state index in [-0.39, 0.29) is 0 Å². The molecule has 0 atom stereocenters. The van der Waals surface area contributed by atoms with E-state index in [4.69, 9.17) is 10.5 Å². The Kier molecular flexibility index (Phi) is 3.75. The molecule has 4 heteroatoms. The van der Waals surface area contributed by atoms with Gasteiger partial charge in [0.15, 0.2) is 0 Å². The Morgan fingerprint density at radius 3 is 2.68 bits per heavy atom. The maximum absolute atomic E-state index is 6.03. The third kappa shape index (κ3) is 2.41. The Morgan fingerprint density at radius 2 is 1.91 bits per heavy atom. The summed E-state index contributed by atoms with van der Waals surface area (Å²) in [7, 11) is 0. The Labute approximate surface area is 130 Å². The van der Waals surface area contributed by atoms with Crippen LogP contribution in [0, 0.1) is 13.8 Å². The maximum atomic E-state index is 6.03. The van der Waals surface area contributed by atoms with Crippen molar-refractivity contribution in [3.05, 3.63) is 53.3 Å². The summed E-state index contributed by atoms with van der Waals surface area (Å²) >= 11 is 0. The molecule has 0 fully saturated rings. The Balaban J connectivity index is 1.94. The quantitative estimate of drug-likeness (QED) is 0.744. The largest absolute Gasteiger partial charge is 0.485 e. The van der Waals surface area contributed by atoms with Crippen molar-refractivity contribution in [2.45, 2.75) is 33.9 Å². The number of fused-ring (bicyclic) bond motifs is 1. The number of nitrogen functional groups attached to an aromatic ring is 1. The number of hydrogen-bond donors (Lipinski definition) is 1. The van der Waals surface area contributed by atoms with Gasteiger partial charge in [-0.3, -0.25) is 0 Å². The summed E-state index contributed by atoms with van der Waals surface area (Å²) in [6, 6.07) is 12.0. The first-order chi connectivity index (χ1) is 10.6. The van der Waals surface area contributed by atoms with Crippen molar-refractivity contribution in [3.8, 4) is 5.75 Å². The molecule has 3 aromatic rings. The lowest BCUT2D eigenvalue weighted by Gasteiger charge is -2.11. The van der Waals surface area contributed by atoms with Crippen molar-refractivity contribution in [1.29, 1.82) is 0 Å². The lowest BCUT2D eigenvalue weighted by Crippen LogP contribution is -2.06. The van der Waals surface area contributed by atoms with Gasteiger partial charge in [-0.2, -0.15) is 0 Å². The molecule has 0 unspecified atom stereocenters. The molecule has 1 aromatic heterocycles. The average molecular weight is 295 g/mol. The fourth-order valence-electron chi connectivity index (χ4n) is 2.70. The zero-order valence-corrected chi connectivity index (χ0v) is 13.3. The summed E-state index contributed by atoms with van der Waals surface area (Å²) in [4.78, 5) is 4.66. The molecule has 0 aliphatic carbocycles. The molecular weight excluding hydrogens is 274 g/mol. The Morgan fingerprint density at radius 1 is 1.14 bits per heavy atom. The SMILES string of the molecule is CCn1c(COc2cccc(C)c2C)nc2c(N)cccc21. The van der Waals surface area contributed by atoms with Crippen molar-refractivity contribution in [2.24, 2.45) is 0 Å². The summed E-state index contributed by atoms with van der Waals surface area (Å²) in [6.07, 6.45) is 0. The highest BCUT2D eigenvalue weighted by Gasteiger charge is 2.12. The van der Waals surface area contributed by atoms with Gasteiger partial charge in [0.25, 0.3) is 0 Å². The van der Waals surface area contributed by atoms with Crippen molar-refractivity contribution in [2.75, 3.05) is 5.73 Å². The molecule has 2 aromatic carbocycles. The monoisotopic (exact) mass is 295 g/mol. The Hall–Kier alpha value is -2.49. The van der Waals surface area contributed by atoms with Gasteiger partial charge in [-0.15, -0.1) is 0 Å². The maximum Gasteiger partial charge on any atom is 0.148 e. The number of aryl methyl sites for hydroxylation is 2. The summed E-state index contributed by atoms with van der Waals surface area (Å²) < 4.78 is 8.14. The van der Waals surface area contributed by atoms with Crippen molar-refractivity contribution in [3.63, 3.8) is 0 Å². The molecule has 0 radical (unpaired) electrons. The summed E-state index contributed by atoms with van der Waals surface area (Å²) in [6.45, 7) is 7.54. The molecule has 0 aliphatic heterocycles. The van der Waals surface area contributed by atoms with Gasteiger partial charge in [-0.05, 0) is 50.1 Å². The zero-order valence-electron chi connectivity index (χ0n) is 13.3. The second-order valence-electron chi connectivity index (χ2n) is 5.47. The van der Waals surface area contributed by atoms with E-state index in [0.29, 0.717) is 12.3 Å². The molecule has 0 saturated carbocycles. The van der Waals surface area contributed by atoms with Crippen LogP contribution in [0.3, 0.4) is 0 Å². The van der Waals surface area contributed by atoms with E-state index in [0.717, 1.165) is 29.2 Å². The van der Waals surface area contributed by atoms with E-state index < -0.39 is 0 Å². The van der Waals surface area contributed by atoms with Crippen molar-refractivity contribution in [1.82, 2.24) is 9.55 Å². The first-order valence-electron chi connectivity index (χ1n) is 7.54. The molecular formula is C18H21N3O. The number of nitrogens with zero attached hydrogens (tertiary/aromatic N) is 2. The fourth-order valence-corrected chi connectivity index (χ4v) is 2.70. The minimum atomic E-state index is 0.437. The highest BCUT2D eigenvalue weighted by molar-refractivity contribution is 5.87. The lowest BCUT2D eigenvalue weighted by atomic mass is 10.1. The predicted molar refractivity (Wildman–Crippen MR) is 90.1 cm³/mol. The topological polar surface area (TPSA) is 53.1 Å². The highest BCUT2D eigenvalue weighted by Crippen LogP contribution is 2.24. The van der Waals surface area contributed by atoms with E-state index >= 15 is 0 Å². The smallest absolute Gasteiger partial charge is 0.148 e. The van der Waals surface area contributed by atoms with Gasteiger partial charge in [-0.25, -0.2) is 4.98 Å². The molecule has 2 N–H and O–H groups in total. The summed E-state index contributed by atoms with van der Waals surface area (Å²) in [5.41, 5.74) is 11.0. The zero-order chi connectivity index (χ0) is 15.7. The number of aromatic nitrogens is 2. The first-order valence-corrected chi connectivity index (χ1v) is 7.54. The standard InChI is InChI=1S/C18H21N3O/c1-4-21-15-9-6-8-14(19)18(15)20-17(21)11-22-16-10-5-7-12(2)13(16)3/h5-10H,4,11,19H2,1-3H3. The molecule has 0 spiro atoms. The van der Waals surface area contributed by atoms with Gasteiger partial charge in [0.05, 0.1) is 11.2 Å². The van der Waals surface area contributed by atoms with E-state index in [2.05, 4.69) is 36.4 Å². The van der Waals surface area contributed by atoms with Crippen LogP contribution in [0.2, 0.25) is 0 Å². The van der Waals surface area contributed by atoms with Crippen molar-refractivity contribution < 1.29 is 4.74 Å². The van der Waals surface area contributed by atoms with Gasteiger partial charge in [-0.1, -0.05) is 18.2 Å². The van der Waals surface area contributed by atoms with Gasteiger partial charge < -0.3 is 15.0 Å². The van der Waals surface area contributed by atoms with E-state index in [1.807, 2.05) is 30.3 Å². The number of anilines is 1. The molecule has 0 bridgehead atoms. The third-order valence-electron chi connectivity index (χ3n) is 4.12. The van der Waals surface area contributed by atoms with E-state index in [9.17, 15) is 0 Å². The second-order valence-corrected chi connectivity index (χ2v) is 5.47. The van der Waals surface area contributed by atoms with Crippen LogP contribution >= 0.6 is 0 Å². The highest BCUT2D eigenvalue weighted by atomic mass is 16.5. The Bertz CT molecular complexity index is 821. The number of hydrogen-bond acceptors (Lipinski definition) is 3. The third-order valence-corrected chi connectivity index (χ3v) is 4.12. The summed E-state index contributed by atoms with van der Waals surface area (Å²) in [5.74, 6) is 1.80. The van der Waals surface area contributed by atoms with Crippen LogP contribution < -0.4 is 10.5 Å². The first kappa shape index (κ1) is 14.4. The molecule has 22 heavy (non-hydrogen) atoms.